The normalized spacial score (nSPS) is 12.2. The molecule has 0 aromatic heterocycles. The Hall–Kier alpha value is -2.58. The molecule has 0 spiro atoms. The van der Waals surface area contributed by atoms with Crippen LogP contribution in [0.2, 0.25) is 5.02 Å². The van der Waals surface area contributed by atoms with E-state index in [0.717, 1.165) is 16.1 Å². The van der Waals surface area contributed by atoms with E-state index in [-0.39, 0.29) is 12.5 Å². The minimum atomic E-state index is -3.76. The Morgan fingerprint density at radius 1 is 1.13 bits per heavy atom. The summed E-state index contributed by atoms with van der Waals surface area (Å²) in [7, 11) is -2.27. The van der Waals surface area contributed by atoms with Crippen molar-refractivity contribution in [1.82, 2.24) is 10.2 Å². The van der Waals surface area contributed by atoms with Gasteiger partial charge in [0.05, 0.1) is 11.9 Å². The number of halogens is 1. The molecule has 30 heavy (non-hydrogen) atoms. The highest BCUT2D eigenvalue weighted by molar-refractivity contribution is 7.92. The quantitative estimate of drug-likeness (QED) is 0.668. The Morgan fingerprint density at radius 2 is 1.77 bits per heavy atom. The molecule has 0 heterocycles. The van der Waals surface area contributed by atoms with Gasteiger partial charge >= 0.3 is 0 Å². The van der Waals surface area contributed by atoms with Gasteiger partial charge in [0.25, 0.3) is 0 Å². The van der Waals surface area contributed by atoms with Crippen molar-refractivity contribution < 1.29 is 18.0 Å². The smallest absolute Gasteiger partial charge is 0.244 e. The van der Waals surface area contributed by atoms with Crippen LogP contribution in [0.4, 0.5) is 5.69 Å². The number of likely N-dealkylation sites (N-methyl/N-ethyl adjacent to an activating group) is 1. The first-order chi connectivity index (χ1) is 14.0. The first kappa shape index (κ1) is 23.7. The lowest BCUT2D eigenvalue weighted by atomic mass is 10.1. The van der Waals surface area contributed by atoms with Crippen molar-refractivity contribution >= 4 is 39.1 Å². The molecule has 2 aromatic rings. The van der Waals surface area contributed by atoms with E-state index in [1.165, 1.54) is 11.9 Å². The van der Waals surface area contributed by atoms with E-state index >= 15 is 0 Å². The fourth-order valence-corrected chi connectivity index (χ4v) is 4.20. The summed E-state index contributed by atoms with van der Waals surface area (Å²) in [5.41, 5.74) is 1.81. The number of sulfonamides is 1. The average molecular weight is 452 g/mol. The third-order valence-electron chi connectivity index (χ3n) is 4.72. The molecule has 0 saturated heterocycles. The van der Waals surface area contributed by atoms with Crippen LogP contribution in [-0.4, -0.2) is 51.0 Å². The highest BCUT2D eigenvalue weighted by atomic mass is 35.5. The fourth-order valence-electron chi connectivity index (χ4n) is 3.07. The van der Waals surface area contributed by atoms with Crippen LogP contribution in [0.25, 0.3) is 0 Å². The van der Waals surface area contributed by atoms with Crippen molar-refractivity contribution in [3.63, 3.8) is 0 Å². The highest BCUT2D eigenvalue weighted by Crippen LogP contribution is 2.26. The molecule has 9 heteroatoms. The van der Waals surface area contributed by atoms with E-state index < -0.39 is 28.5 Å². The van der Waals surface area contributed by atoms with Gasteiger partial charge in [-0.3, -0.25) is 13.9 Å². The standard InChI is InChI=1S/C21H26ClN3O4S/c1-15-12-18(22)10-11-19(15)25(30(4,28)29)14-20(26)24(16(2)21(27)23-3)13-17-8-6-5-7-9-17/h5-12,16H,13-14H2,1-4H3,(H,23,27)/t16-/m0/s1. The molecule has 162 valence electrons. The van der Waals surface area contributed by atoms with E-state index in [0.29, 0.717) is 16.3 Å². The molecule has 0 unspecified atom stereocenters. The van der Waals surface area contributed by atoms with Gasteiger partial charge < -0.3 is 10.2 Å². The molecule has 1 atom stereocenters. The molecule has 2 rings (SSSR count). The first-order valence-corrected chi connectivity index (χ1v) is 11.6. The van der Waals surface area contributed by atoms with Crippen LogP contribution in [0.5, 0.6) is 0 Å². The van der Waals surface area contributed by atoms with Crippen molar-refractivity contribution in [2.24, 2.45) is 0 Å². The average Bonchev–Trinajstić information content (AvgIpc) is 2.69. The predicted octanol–water partition coefficient (Wildman–Crippen LogP) is 2.58. The summed E-state index contributed by atoms with van der Waals surface area (Å²) >= 11 is 5.99. The van der Waals surface area contributed by atoms with Crippen LogP contribution in [-0.2, 0) is 26.2 Å². The molecule has 0 saturated carbocycles. The minimum absolute atomic E-state index is 0.172. The zero-order valence-electron chi connectivity index (χ0n) is 17.4. The molecule has 2 aromatic carbocycles. The van der Waals surface area contributed by atoms with Gasteiger partial charge in [0.1, 0.15) is 12.6 Å². The Kier molecular flexibility index (Phi) is 7.86. The number of amides is 2. The van der Waals surface area contributed by atoms with E-state index in [9.17, 15) is 18.0 Å². The van der Waals surface area contributed by atoms with Gasteiger partial charge in [-0.1, -0.05) is 41.9 Å². The summed E-state index contributed by atoms with van der Waals surface area (Å²) in [6, 6.07) is 13.2. The molecular weight excluding hydrogens is 426 g/mol. The van der Waals surface area contributed by atoms with Crippen LogP contribution in [0.15, 0.2) is 48.5 Å². The van der Waals surface area contributed by atoms with Crippen molar-refractivity contribution in [3.05, 3.63) is 64.7 Å². The third-order valence-corrected chi connectivity index (χ3v) is 6.08. The molecule has 7 nitrogen and oxygen atoms in total. The number of rotatable bonds is 8. The van der Waals surface area contributed by atoms with Gasteiger partial charge in [0.2, 0.25) is 21.8 Å². The van der Waals surface area contributed by atoms with Crippen LogP contribution < -0.4 is 9.62 Å². The van der Waals surface area contributed by atoms with E-state index in [2.05, 4.69) is 5.32 Å². The van der Waals surface area contributed by atoms with E-state index in [4.69, 9.17) is 11.6 Å². The Morgan fingerprint density at radius 3 is 2.30 bits per heavy atom. The van der Waals surface area contributed by atoms with Gasteiger partial charge in [0, 0.05) is 18.6 Å². The second kappa shape index (κ2) is 9.95. The summed E-state index contributed by atoms with van der Waals surface area (Å²) in [6.45, 7) is 3.07. The summed E-state index contributed by atoms with van der Waals surface area (Å²) in [4.78, 5) is 26.8. The summed E-state index contributed by atoms with van der Waals surface area (Å²) in [5.74, 6) is -0.831. The number of hydrogen-bond donors (Lipinski definition) is 1. The van der Waals surface area contributed by atoms with Gasteiger partial charge in [-0.15, -0.1) is 0 Å². The molecule has 0 aliphatic rings. The first-order valence-electron chi connectivity index (χ1n) is 9.33. The van der Waals surface area contributed by atoms with Gasteiger partial charge in [-0.25, -0.2) is 8.42 Å². The number of hydrogen-bond acceptors (Lipinski definition) is 4. The number of nitrogens with one attached hydrogen (secondary N) is 1. The Labute approximate surface area is 182 Å². The lowest BCUT2D eigenvalue weighted by molar-refractivity contribution is -0.139. The van der Waals surface area contributed by atoms with Crippen LogP contribution in [0.3, 0.4) is 0 Å². The topological polar surface area (TPSA) is 86.8 Å². The summed E-state index contributed by atoms with van der Waals surface area (Å²) in [5, 5.41) is 3.00. The Balaban J connectivity index is 2.39. The molecule has 0 aliphatic heterocycles. The van der Waals surface area contributed by atoms with Crippen molar-refractivity contribution in [2.45, 2.75) is 26.4 Å². The molecule has 0 bridgehead atoms. The van der Waals surface area contributed by atoms with Gasteiger partial charge in [-0.2, -0.15) is 0 Å². The molecule has 1 N–H and O–H groups in total. The fraction of sp³-hybridized carbons (Fsp3) is 0.333. The van der Waals surface area contributed by atoms with Crippen LogP contribution in [0.1, 0.15) is 18.1 Å². The van der Waals surface area contributed by atoms with Crippen LogP contribution >= 0.6 is 11.6 Å². The second-order valence-corrected chi connectivity index (χ2v) is 9.34. The maximum Gasteiger partial charge on any atom is 0.244 e. The maximum atomic E-state index is 13.2. The number of nitrogens with zero attached hydrogens (tertiary/aromatic N) is 2. The molecule has 2 amide bonds. The number of carbonyl (C=O) groups excluding carboxylic acids is 2. The highest BCUT2D eigenvalue weighted by Gasteiger charge is 2.30. The molecular formula is C21H26ClN3O4S. The maximum absolute atomic E-state index is 13.2. The zero-order valence-corrected chi connectivity index (χ0v) is 19.0. The number of anilines is 1. The SMILES string of the molecule is CNC(=O)[C@H](C)N(Cc1ccccc1)C(=O)CN(c1ccc(Cl)cc1C)S(C)(=O)=O. The van der Waals surface area contributed by atoms with Crippen molar-refractivity contribution in [1.29, 1.82) is 0 Å². The number of aryl methyl sites for hydroxylation is 1. The van der Waals surface area contributed by atoms with Crippen molar-refractivity contribution in [2.75, 3.05) is 24.2 Å². The number of benzene rings is 2. The van der Waals surface area contributed by atoms with Crippen LogP contribution in [0, 0.1) is 6.92 Å². The third kappa shape index (κ3) is 5.96. The van der Waals surface area contributed by atoms with Gasteiger partial charge in [0.15, 0.2) is 0 Å². The second-order valence-electron chi connectivity index (χ2n) is 7.00. The lowest BCUT2D eigenvalue weighted by Crippen LogP contribution is -2.50. The molecule has 0 aliphatic carbocycles. The molecule has 0 fully saturated rings. The largest absolute Gasteiger partial charge is 0.357 e. The van der Waals surface area contributed by atoms with Crippen molar-refractivity contribution in [3.8, 4) is 0 Å². The molecule has 0 radical (unpaired) electrons. The summed E-state index contributed by atoms with van der Waals surface area (Å²) in [6.07, 6.45) is 1.04. The minimum Gasteiger partial charge on any atom is -0.357 e. The van der Waals surface area contributed by atoms with E-state index in [1.807, 2.05) is 30.3 Å². The zero-order chi connectivity index (χ0) is 22.5. The monoisotopic (exact) mass is 451 g/mol. The van der Waals surface area contributed by atoms with E-state index in [1.54, 1.807) is 32.0 Å². The summed E-state index contributed by atoms with van der Waals surface area (Å²) < 4.78 is 26.0. The Bertz CT molecular complexity index is 1010. The van der Waals surface area contributed by atoms with Gasteiger partial charge in [-0.05, 0) is 43.2 Å². The lowest BCUT2D eigenvalue weighted by Gasteiger charge is -2.31. The number of carbonyl (C=O) groups is 2. The predicted molar refractivity (Wildman–Crippen MR) is 119 cm³/mol.